The van der Waals surface area contributed by atoms with E-state index < -0.39 is 101 Å². The van der Waals surface area contributed by atoms with Crippen LogP contribution in [0, 0.1) is 20.2 Å². The van der Waals surface area contributed by atoms with Gasteiger partial charge in [0.05, 0.1) is 60.5 Å². The zero-order valence-corrected chi connectivity index (χ0v) is 21.2. The average molecular weight is 579 g/mol. The maximum atomic E-state index is 13.0. The van der Waals surface area contributed by atoms with Crippen LogP contribution in [0.2, 0.25) is 0 Å². The van der Waals surface area contributed by atoms with E-state index in [1.54, 1.807) is 0 Å². The van der Waals surface area contributed by atoms with Crippen molar-refractivity contribution in [3.8, 4) is 0 Å². The Labute approximate surface area is 205 Å². The van der Waals surface area contributed by atoms with Crippen LogP contribution in [0.1, 0.15) is 10.4 Å². The molecule has 21 heteroatoms. The molecule has 0 atom stereocenters. The maximum absolute atomic E-state index is 13.0. The van der Waals surface area contributed by atoms with E-state index in [2.05, 4.69) is 13.7 Å². The van der Waals surface area contributed by atoms with Gasteiger partial charge in [-0.2, -0.15) is 16.8 Å². The lowest BCUT2D eigenvalue weighted by atomic mass is 10.1. The van der Waals surface area contributed by atoms with Crippen LogP contribution in [0.15, 0.2) is 12.1 Å². The Bertz CT molecular complexity index is 1330. The summed E-state index contributed by atoms with van der Waals surface area (Å²) in [6, 6.07) is 0.856. The highest BCUT2D eigenvalue weighted by atomic mass is 32.2. The van der Waals surface area contributed by atoms with Crippen LogP contribution in [-0.2, 0) is 38.6 Å². The third kappa shape index (κ3) is 9.58. The van der Waals surface area contributed by atoms with Gasteiger partial charge in [0.2, 0.25) is 10.0 Å². The second-order valence-electron chi connectivity index (χ2n) is 6.79. The number of nitrogens with one attached hydrogen (secondary N) is 1. The van der Waals surface area contributed by atoms with Crippen molar-refractivity contribution in [3.63, 3.8) is 0 Å². The van der Waals surface area contributed by atoms with Gasteiger partial charge in [-0.15, -0.1) is 0 Å². The van der Waals surface area contributed by atoms with E-state index in [0.29, 0.717) is 24.6 Å². The van der Waals surface area contributed by atoms with Crippen LogP contribution in [0.25, 0.3) is 0 Å². The summed E-state index contributed by atoms with van der Waals surface area (Å²) in [5.74, 6) is -2.27. The van der Waals surface area contributed by atoms with E-state index in [-0.39, 0.29) is 10.8 Å². The molecule has 0 radical (unpaired) electrons. The van der Waals surface area contributed by atoms with Crippen molar-refractivity contribution in [2.24, 2.45) is 0 Å². The lowest BCUT2D eigenvalue weighted by Gasteiger charge is -2.24. The molecule has 0 heterocycles. The molecule has 0 aromatic heterocycles. The van der Waals surface area contributed by atoms with E-state index in [1.807, 2.05) is 0 Å². The topological polar surface area (TPSA) is 260 Å². The SMILES string of the molecule is CS(=O)(=O)OCCN(c1cc(C(=O)NCCO)c([N+](=O)[O-])cc1[N+](=O)[O-])S(=O)(=O)CCOS(C)(=O)=O. The van der Waals surface area contributed by atoms with Crippen molar-refractivity contribution < 1.29 is 53.4 Å². The van der Waals surface area contributed by atoms with Gasteiger partial charge in [-0.05, 0) is 6.07 Å². The van der Waals surface area contributed by atoms with Gasteiger partial charge >= 0.3 is 0 Å². The molecule has 36 heavy (non-hydrogen) atoms. The number of nitrogens with zero attached hydrogens (tertiary/aromatic N) is 3. The summed E-state index contributed by atoms with van der Waals surface area (Å²) in [4.78, 5) is 33.2. The van der Waals surface area contributed by atoms with Crippen molar-refractivity contribution in [2.75, 3.05) is 55.5 Å². The van der Waals surface area contributed by atoms with Gasteiger partial charge in [0.15, 0.2) is 0 Å². The van der Waals surface area contributed by atoms with E-state index in [0.717, 1.165) is 0 Å². The van der Waals surface area contributed by atoms with E-state index in [9.17, 15) is 50.3 Å². The minimum Gasteiger partial charge on any atom is -0.395 e. The summed E-state index contributed by atoms with van der Waals surface area (Å²) < 4.78 is 79.9. The molecule has 1 aromatic rings. The summed E-state index contributed by atoms with van der Waals surface area (Å²) in [6.45, 7) is -3.64. The predicted octanol–water partition coefficient (Wildman–Crippen LogP) is -1.69. The average Bonchev–Trinajstić information content (AvgIpc) is 2.72. The van der Waals surface area contributed by atoms with Crippen LogP contribution in [-0.4, -0.2) is 97.3 Å². The summed E-state index contributed by atoms with van der Waals surface area (Å²) in [6.07, 6.45) is 1.28. The molecule has 0 aliphatic rings. The lowest BCUT2D eigenvalue weighted by Crippen LogP contribution is -2.38. The zero-order chi connectivity index (χ0) is 27.9. The monoisotopic (exact) mass is 578 g/mol. The number of aliphatic hydroxyl groups is 1. The smallest absolute Gasteiger partial charge is 0.300 e. The summed E-state index contributed by atoms with van der Waals surface area (Å²) >= 11 is 0. The summed E-state index contributed by atoms with van der Waals surface area (Å²) in [7, 11) is -12.9. The fraction of sp³-hybridized carbons (Fsp3) is 0.533. The number of nitro benzene ring substituents is 2. The van der Waals surface area contributed by atoms with Crippen molar-refractivity contribution in [3.05, 3.63) is 37.9 Å². The fourth-order valence-corrected chi connectivity index (χ4v) is 4.77. The molecule has 1 amide bonds. The molecular weight excluding hydrogens is 556 g/mol. The van der Waals surface area contributed by atoms with E-state index in [1.165, 1.54) is 0 Å². The first-order valence-electron chi connectivity index (χ1n) is 9.44. The highest BCUT2D eigenvalue weighted by Gasteiger charge is 2.35. The number of amides is 1. The van der Waals surface area contributed by atoms with Crippen molar-refractivity contribution in [1.29, 1.82) is 0 Å². The number of carbonyl (C=O) groups excluding carboxylic acids is 1. The number of nitro groups is 2. The molecule has 1 aromatic carbocycles. The molecule has 0 saturated heterocycles. The van der Waals surface area contributed by atoms with Crippen molar-refractivity contribution >= 4 is 53.2 Å². The molecule has 0 aliphatic carbocycles. The number of aliphatic hydroxyl groups excluding tert-OH is 1. The van der Waals surface area contributed by atoms with Gasteiger partial charge in [0, 0.05) is 6.54 Å². The number of benzene rings is 1. The molecule has 0 unspecified atom stereocenters. The van der Waals surface area contributed by atoms with Crippen LogP contribution in [0.5, 0.6) is 0 Å². The molecule has 0 fully saturated rings. The fourth-order valence-electron chi connectivity index (χ4n) is 2.59. The minimum absolute atomic E-state index is 0.245. The van der Waals surface area contributed by atoms with Gasteiger partial charge < -0.3 is 10.4 Å². The van der Waals surface area contributed by atoms with Crippen molar-refractivity contribution in [2.45, 2.75) is 0 Å². The first-order valence-corrected chi connectivity index (χ1v) is 14.7. The second-order valence-corrected chi connectivity index (χ2v) is 12.1. The maximum Gasteiger partial charge on any atom is 0.300 e. The molecule has 0 bridgehead atoms. The first kappa shape index (κ1) is 31.1. The largest absolute Gasteiger partial charge is 0.395 e. The number of sulfonamides is 1. The summed E-state index contributed by atoms with van der Waals surface area (Å²) in [5.41, 5.74) is -3.90. The van der Waals surface area contributed by atoms with E-state index in [4.69, 9.17) is 5.11 Å². The van der Waals surface area contributed by atoms with E-state index >= 15 is 0 Å². The Hall–Kier alpha value is -2.98. The Morgan fingerprint density at radius 2 is 1.50 bits per heavy atom. The van der Waals surface area contributed by atoms with Crippen molar-refractivity contribution in [1.82, 2.24) is 5.32 Å². The molecule has 0 spiro atoms. The van der Waals surface area contributed by atoms with Gasteiger partial charge in [-0.25, -0.2) is 8.42 Å². The molecule has 0 aliphatic heterocycles. The molecule has 2 N–H and O–H groups in total. The highest BCUT2D eigenvalue weighted by Crippen LogP contribution is 2.36. The number of rotatable bonds is 15. The van der Waals surface area contributed by atoms with Gasteiger partial charge in [-0.1, -0.05) is 0 Å². The number of hydrogen-bond donors (Lipinski definition) is 2. The van der Waals surface area contributed by atoms with Crippen LogP contribution < -0.4 is 9.62 Å². The van der Waals surface area contributed by atoms with Gasteiger partial charge in [0.1, 0.15) is 11.3 Å². The zero-order valence-electron chi connectivity index (χ0n) is 18.7. The van der Waals surface area contributed by atoms with Crippen LogP contribution in [0.4, 0.5) is 17.1 Å². The quantitative estimate of drug-likeness (QED) is 0.134. The number of hydrogen-bond acceptors (Lipinski definition) is 14. The molecule has 18 nitrogen and oxygen atoms in total. The van der Waals surface area contributed by atoms with Gasteiger partial charge in [0.25, 0.3) is 37.5 Å². The van der Waals surface area contributed by atoms with Crippen LogP contribution >= 0.6 is 0 Å². The third-order valence-corrected chi connectivity index (χ3v) is 6.89. The molecule has 0 saturated carbocycles. The Kier molecular flexibility index (Phi) is 10.6. The highest BCUT2D eigenvalue weighted by molar-refractivity contribution is 7.92. The lowest BCUT2D eigenvalue weighted by molar-refractivity contribution is -0.393. The Balaban J connectivity index is 3.74. The minimum atomic E-state index is -4.74. The molecule has 204 valence electrons. The van der Waals surface area contributed by atoms with Crippen LogP contribution in [0.3, 0.4) is 0 Å². The number of carbonyl (C=O) groups is 1. The Morgan fingerprint density at radius 3 is 1.97 bits per heavy atom. The third-order valence-electron chi connectivity index (χ3n) is 3.96. The first-order chi connectivity index (χ1) is 16.4. The number of anilines is 1. The van der Waals surface area contributed by atoms with Gasteiger partial charge in [-0.3, -0.25) is 37.7 Å². The normalized spacial score (nSPS) is 12.2. The predicted molar refractivity (Wildman–Crippen MR) is 122 cm³/mol. The Morgan fingerprint density at radius 1 is 0.972 bits per heavy atom. The molecular formula is C15H22N4O14S3. The summed E-state index contributed by atoms with van der Waals surface area (Å²) in [5, 5.41) is 34.0. The standard InChI is InChI=1S/C15H22N4O14S3/c1-34(26,27)32-6-4-17(36(30,31)8-7-33-35(2,28)29)13-9-11(15(21)16-3-5-20)12(18(22)23)10-14(13)19(24)25/h9-10,20H,3-8H2,1-2H3,(H,16,21). The second kappa shape index (κ2) is 12.3. The molecule has 1 rings (SSSR count).